The van der Waals surface area contributed by atoms with Crippen LogP contribution in [0.5, 0.6) is 0 Å². The molecule has 82 valence electrons. The molecule has 2 nitrogen and oxygen atoms in total. The third-order valence-corrected chi connectivity index (χ3v) is 2.75. The van der Waals surface area contributed by atoms with Crippen molar-refractivity contribution in [2.75, 3.05) is 5.73 Å². The van der Waals surface area contributed by atoms with E-state index in [1.807, 2.05) is 30.5 Å². The fourth-order valence-corrected chi connectivity index (χ4v) is 1.86. The Balaban J connectivity index is 2.11. The van der Waals surface area contributed by atoms with Crippen molar-refractivity contribution in [2.24, 2.45) is 0 Å². The molecule has 2 N–H and O–H groups in total. The number of aromatic nitrogens is 1. The van der Waals surface area contributed by atoms with Crippen molar-refractivity contribution in [1.29, 1.82) is 0 Å². The Morgan fingerprint density at radius 1 is 1.25 bits per heavy atom. The highest BCUT2D eigenvalue weighted by atomic mass is 14.6. The van der Waals surface area contributed by atoms with Crippen LogP contribution in [0.3, 0.4) is 0 Å². The van der Waals surface area contributed by atoms with Gasteiger partial charge in [0, 0.05) is 18.1 Å². The van der Waals surface area contributed by atoms with Gasteiger partial charge in [0.15, 0.2) is 0 Å². The maximum absolute atomic E-state index is 5.76. The Labute approximate surface area is 96.1 Å². The number of rotatable bonds is 3. The summed E-state index contributed by atoms with van der Waals surface area (Å²) >= 11 is 0. The molecule has 16 heavy (non-hydrogen) atoms. The zero-order valence-corrected chi connectivity index (χ0v) is 9.43. The van der Waals surface area contributed by atoms with Crippen LogP contribution in [0, 0.1) is 0 Å². The maximum Gasteiger partial charge on any atom is 0.0316 e. The minimum absolute atomic E-state index is 0.468. The predicted molar refractivity (Wildman–Crippen MR) is 67.2 cm³/mol. The van der Waals surface area contributed by atoms with Crippen LogP contribution >= 0.6 is 0 Å². The fraction of sp³-hybridized carbons (Fsp3) is 0.214. The number of nitrogen functional groups attached to an aromatic ring is 1. The first-order valence-corrected chi connectivity index (χ1v) is 5.50. The first-order chi connectivity index (χ1) is 7.75. The summed E-state index contributed by atoms with van der Waals surface area (Å²) in [7, 11) is 0. The molecule has 0 saturated carbocycles. The summed E-state index contributed by atoms with van der Waals surface area (Å²) in [6.45, 7) is 2.21. The average molecular weight is 212 g/mol. The maximum atomic E-state index is 5.76. The second kappa shape index (κ2) is 4.79. The van der Waals surface area contributed by atoms with Gasteiger partial charge in [0.05, 0.1) is 0 Å². The molecule has 0 radical (unpaired) electrons. The van der Waals surface area contributed by atoms with E-state index in [2.05, 4.69) is 24.0 Å². The summed E-state index contributed by atoms with van der Waals surface area (Å²) in [4.78, 5) is 4.14. The molecule has 1 heterocycles. The summed E-state index contributed by atoms with van der Waals surface area (Å²) in [6.07, 6.45) is 4.73. The van der Waals surface area contributed by atoms with Crippen LogP contribution in [-0.2, 0) is 6.42 Å². The van der Waals surface area contributed by atoms with Gasteiger partial charge in [-0.05, 0) is 41.7 Å². The Morgan fingerprint density at radius 3 is 2.81 bits per heavy atom. The quantitative estimate of drug-likeness (QED) is 0.794. The Bertz CT molecular complexity index is 451. The van der Waals surface area contributed by atoms with Gasteiger partial charge in [0.25, 0.3) is 0 Å². The number of pyridine rings is 1. The second-order valence-electron chi connectivity index (χ2n) is 4.14. The number of nitrogens with zero attached hydrogens (tertiary/aromatic N) is 1. The first-order valence-electron chi connectivity index (χ1n) is 5.50. The van der Waals surface area contributed by atoms with Crippen molar-refractivity contribution < 1.29 is 0 Å². The van der Waals surface area contributed by atoms with Crippen LogP contribution in [0.25, 0.3) is 0 Å². The van der Waals surface area contributed by atoms with Gasteiger partial charge in [-0.1, -0.05) is 25.1 Å². The van der Waals surface area contributed by atoms with E-state index in [0.717, 1.165) is 12.1 Å². The van der Waals surface area contributed by atoms with E-state index in [0.29, 0.717) is 5.92 Å². The molecule has 2 heteroatoms. The lowest BCUT2D eigenvalue weighted by molar-refractivity contribution is 0.755. The minimum atomic E-state index is 0.468. The monoisotopic (exact) mass is 212 g/mol. The van der Waals surface area contributed by atoms with Gasteiger partial charge in [0.1, 0.15) is 0 Å². The van der Waals surface area contributed by atoms with Crippen molar-refractivity contribution in [3.63, 3.8) is 0 Å². The molecule has 2 aromatic rings. The van der Waals surface area contributed by atoms with E-state index < -0.39 is 0 Å². The standard InChI is InChI=1S/C14H16N2/c1-11(13-5-3-7-16-10-13)8-12-4-2-6-14(15)9-12/h2-7,9-11H,8,15H2,1H3. The zero-order valence-electron chi connectivity index (χ0n) is 9.43. The Kier molecular flexibility index (Phi) is 3.20. The van der Waals surface area contributed by atoms with Crippen LogP contribution in [0.2, 0.25) is 0 Å². The lowest BCUT2D eigenvalue weighted by atomic mass is 9.95. The van der Waals surface area contributed by atoms with E-state index in [1.165, 1.54) is 11.1 Å². The van der Waals surface area contributed by atoms with Gasteiger partial charge < -0.3 is 5.73 Å². The predicted octanol–water partition coefficient (Wildman–Crippen LogP) is 3.01. The SMILES string of the molecule is CC(Cc1cccc(N)c1)c1cccnc1. The summed E-state index contributed by atoms with van der Waals surface area (Å²) in [6, 6.07) is 12.2. The first kappa shape index (κ1) is 10.7. The number of anilines is 1. The third-order valence-electron chi connectivity index (χ3n) is 2.75. The Hall–Kier alpha value is -1.83. The van der Waals surface area contributed by atoms with E-state index in [1.54, 1.807) is 6.20 Å². The second-order valence-corrected chi connectivity index (χ2v) is 4.14. The van der Waals surface area contributed by atoms with Crippen molar-refractivity contribution in [1.82, 2.24) is 4.98 Å². The van der Waals surface area contributed by atoms with Crippen LogP contribution in [0.15, 0.2) is 48.8 Å². The number of benzene rings is 1. The molecule has 0 aliphatic carbocycles. The van der Waals surface area contributed by atoms with Crippen molar-refractivity contribution in [3.05, 3.63) is 59.9 Å². The lowest BCUT2D eigenvalue weighted by Crippen LogP contribution is -1.99. The van der Waals surface area contributed by atoms with Crippen molar-refractivity contribution in [2.45, 2.75) is 19.3 Å². The van der Waals surface area contributed by atoms with Gasteiger partial charge >= 0.3 is 0 Å². The van der Waals surface area contributed by atoms with Crippen molar-refractivity contribution >= 4 is 5.69 Å². The molecule has 1 aromatic carbocycles. The number of hydrogen-bond donors (Lipinski definition) is 1. The number of nitrogens with two attached hydrogens (primary N) is 1. The molecule has 1 unspecified atom stereocenters. The molecule has 0 bridgehead atoms. The van der Waals surface area contributed by atoms with Gasteiger partial charge in [-0.2, -0.15) is 0 Å². The lowest BCUT2D eigenvalue weighted by Gasteiger charge is -2.11. The summed E-state index contributed by atoms with van der Waals surface area (Å²) in [5, 5.41) is 0. The van der Waals surface area contributed by atoms with Gasteiger partial charge in [-0.25, -0.2) is 0 Å². The summed E-state index contributed by atoms with van der Waals surface area (Å²) < 4.78 is 0. The normalized spacial score (nSPS) is 12.3. The minimum Gasteiger partial charge on any atom is -0.399 e. The molecule has 0 spiro atoms. The molecule has 0 fully saturated rings. The van der Waals surface area contributed by atoms with Crippen LogP contribution in [0.4, 0.5) is 5.69 Å². The molecule has 1 atom stereocenters. The smallest absolute Gasteiger partial charge is 0.0316 e. The topological polar surface area (TPSA) is 38.9 Å². The van der Waals surface area contributed by atoms with Crippen LogP contribution in [-0.4, -0.2) is 4.98 Å². The van der Waals surface area contributed by atoms with Gasteiger partial charge in [0.2, 0.25) is 0 Å². The van der Waals surface area contributed by atoms with Gasteiger partial charge in [-0.15, -0.1) is 0 Å². The van der Waals surface area contributed by atoms with E-state index in [9.17, 15) is 0 Å². The summed E-state index contributed by atoms with van der Waals surface area (Å²) in [5.74, 6) is 0.468. The molecule has 0 aliphatic heterocycles. The highest BCUT2D eigenvalue weighted by Crippen LogP contribution is 2.20. The molecule has 0 saturated heterocycles. The largest absolute Gasteiger partial charge is 0.399 e. The van der Waals surface area contributed by atoms with E-state index in [4.69, 9.17) is 5.73 Å². The van der Waals surface area contributed by atoms with E-state index in [-0.39, 0.29) is 0 Å². The molecular formula is C14H16N2. The number of hydrogen-bond acceptors (Lipinski definition) is 2. The molecule has 1 aromatic heterocycles. The molecule has 0 aliphatic rings. The van der Waals surface area contributed by atoms with Gasteiger partial charge in [-0.3, -0.25) is 4.98 Å². The van der Waals surface area contributed by atoms with E-state index >= 15 is 0 Å². The average Bonchev–Trinajstić information content (AvgIpc) is 2.30. The van der Waals surface area contributed by atoms with Crippen molar-refractivity contribution in [3.8, 4) is 0 Å². The summed E-state index contributed by atoms with van der Waals surface area (Å²) in [5.41, 5.74) is 9.13. The van der Waals surface area contributed by atoms with Crippen LogP contribution in [0.1, 0.15) is 24.0 Å². The Morgan fingerprint density at radius 2 is 2.12 bits per heavy atom. The highest BCUT2D eigenvalue weighted by Gasteiger charge is 2.06. The zero-order chi connectivity index (χ0) is 11.4. The van der Waals surface area contributed by atoms with Crippen LogP contribution < -0.4 is 5.73 Å². The molecule has 0 amide bonds. The fourth-order valence-electron chi connectivity index (χ4n) is 1.86. The third kappa shape index (κ3) is 2.60. The molecule has 2 rings (SSSR count). The molecular weight excluding hydrogens is 196 g/mol. The highest BCUT2D eigenvalue weighted by molar-refractivity contribution is 5.41.